The van der Waals surface area contributed by atoms with E-state index >= 15 is 0 Å². The Hall–Kier alpha value is -1.35. The minimum Gasteiger partial charge on any atom is -0.354 e. The summed E-state index contributed by atoms with van der Waals surface area (Å²) in [5.41, 5.74) is 5.32. The standard InChI is InChI=1S/C16H24N2O/c1-11-9-12(2)14(13(3)10-11)6-8-18-16(19)15-5-4-7-17-15/h9-10,15,17H,4-8H2,1-3H3,(H,18,19). The SMILES string of the molecule is Cc1cc(C)c(CCNC(=O)C2CCCN2)c(C)c1. The first-order valence-corrected chi connectivity index (χ1v) is 7.16. The summed E-state index contributed by atoms with van der Waals surface area (Å²) < 4.78 is 0. The van der Waals surface area contributed by atoms with E-state index in [4.69, 9.17) is 0 Å². The molecular formula is C16H24N2O. The maximum absolute atomic E-state index is 11.9. The van der Waals surface area contributed by atoms with Crippen LogP contribution in [-0.4, -0.2) is 25.0 Å². The molecule has 0 spiro atoms. The molecule has 1 amide bonds. The first-order valence-electron chi connectivity index (χ1n) is 7.16. The number of aryl methyl sites for hydroxylation is 3. The molecule has 0 radical (unpaired) electrons. The van der Waals surface area contributed by atoms with Crippen molar-refractivity contribution in [3.63, 3.8) is 0 Å². The minimum absolute atomic E-state index is 0.0280. The van der Waals surface area contributed by atoms with Crippen LogP contribution in [0, 0.1) is 20.8 Å². The predicted molar refractivity (Wildman–Crippen MR) is 78.4 cm³/mol. The number of hydrogen-bond acceptors (Lipinski definition) is 2. The van der Waals surface area contributed by atoms with E-state index in [0.29, 0.717) is 0 Å². The van der Waals surface area contributed by atoms with Crippen LogP contribution < -0.4 is 10.6 Å². The second-order valence-electron chi connectivity index (χ2n) is 5.57. The summed E-state index contributed by atoms with van der Waals surface area (Å²) in [7, 11) is 0. The fraction of sp³-hybridized carbons (Fsp3) is 0.562. The van der Waals surface area contributed by atoms with Gasteiger partial charge in [-0.15, -0.1) is 0 Å². The van der Waals surface area contributed by atoms with Crippen LogP contribution in [-0.2, 0) is 11.2 Å². The van der Waals surface area contributed by atoms with Gasteiger partial charge in [0, 0.05) is 6.54 Å². The third-order valence-corrected chi connectivity index (χ3v) is 3.89. The third-order valence-electron chi connectivity index (χ3n) is 3.89. The number of benzene rings is 1. The molecule has 1 atom stereocenters. The summed E-state index contributed by atoms with van der Waals surface area (Å²) in [6.45, 7) is 8.11. The van der Waals surface area contributed by atoms with Gasteiger partial charge in [-0.3, -0.25) is 4.79 Å². The second kappa shape index (κ2) is 6.20. The highest BCUT2D eigenvalue weighted by molar-refractivity contribution is 5.81. The fourth-order valence-electron chi connectivity index (χ4n) is 2.95. The number of nitrogens with one attached hydrogen (secondary N) is 2. The molecule has 1 aliphatic rings. The maximum atomic E-state index is 11.9. The Kier molecular flexibility index (Phi) is 4.59. The summed E-state index contributed by atoms with van der Waals surface area (Å²) in [5.74, 6) is 0.153. The zero-order chi connectivity index (χ0) is 13.8. The minimum atomic E-state index is 0.0280. The van der Waals surface area contributed by atoms with Crippen molar-refractivity contribution in [1.29, 1.82) is 0 Å². The molecule has 0 aliphatic carbocycles. The van der Waals surface area contributed by atoms with Gasteiger partial charge in [0.15, 0.2) is 0 Å². The molecule has 3 nitrogen and oxygen atoms in total. The molecule has 1 fully saturated rings. The Morgan fingerprint density at radius 1 is 1.32 bits per heavy atom. The Bertz CT molecular complexity index is 439. The molecule has 2 rings (SSSR count). The lowest BCUT2D eigenvalue weighted by Gasteiger charge is -2.14. The molecule has 1 unspecified atom stereocenters. The van der Waals surface area contributed by atoms with Crippen LogP contribution in [0.15, 0.2) is 12.1 Å². The molecular weight excluding hydrogens is 236 g/mol. The molecule has 1 aromatic carbocycles. The molecule has 0 saturated carbocycles. The van der Waals surface area contributed by atoms with Crippen molar-refractivity contribution in [3.8, 4) is 0 Å². The van der Waals surface area contributed by atoms with Crippen LogP contribution >= 0.6 is 0 Å². The van der Waals surface area contributed by atoms with Crippen molar-refractivity contribution in [2.45, 2.75) is 46.1 Å². The summed E-state index contributed by atoms with van der Waals surface area (Å²) in [4.78, 5) is 11.9. The van der Waals surface area contributed by atoms with Gasteiger partial charge in [0.05, 0.1) is 6.04 Å². The summed E-state index contributed by atoms with van der Waals surface area (Å²) in [6.07, 6.45) is 2.99. The van der Waals surface area contributed by atoms with E-state index in [0.717, 1.165) is 32.4 Å². The average Bonchev–Trinajstić information content (AvgIpc) is 2.85. The van der Waals surface area contributed by atoms with Crippen molar-refractivity contribution < 1.29 is 4.79 Å². The van der Waals surface area contributed by atoms with Crippen LogP contribution in [0.5, 0.6) is 0 Å². The van der Waals surface area contributed by atoms with E-state index in [1.54, 1.807) is 0 Å². The highest BCUT2D eigenvalue weighted by Gasteiger charge is 2.21. The normalized spacial score (nSPS) is 18.6. The van der Waals surface area contributed by atoms with Crippen molar-refractivity contribution in [1.82, 2.24) is 10.6 Å². The van der Waals surface area contributed by atoms with Gasteiger partial charge < -0.3 is 10.6 Å². The topological polar surface area (TPSA) is 41.1 Å². The Labute approximate surface area is 115 Å². The van der Waals surface area contributed by atoms with E-state index in [9.17, 15) is 4.79 Å². The predicted octanol–water partition coefficient (Wildman–Crippen LogP) is 2.02. The van der Waals surface area contributed by atoms with Crippen molar-refractivity contribution >= 4 is 5.91 Å². The molecule has 2 N–H and O–H groups in total. The Morgan fingerprint density at radius 2 is 2.00 bits per heavy atom. The molecule has 1 aliphatic heterocycles. The van der Waals surface area contributed by atoms with Gasteiger partial charge >= 0.3 is 0 Å². The molecule has 0 aromatic heterocycles. The van der Waals surface area contributed by atoms with Gasteiger partial charge in [-0.05, 0) is 63.3 Å². The first kappa shape index (κ1) is 14.1. The molecule has 1 aromatic rings. The zero-order valence-corrected chi connectivity index (χ0v) is 12.2. The summed E-state index contributed by atoms with van der Waals surface area (Å²) >= 11 is 0. The number of rotatable bonds is 4. The molecule has 1 saturated heterocycles. The lowest BCUT2D eigenvalue weighted by atomic mass is 9.97. The van der Waals surface area contributed by atoms with Crippen LogP contribution in [0.3, 0.4) is 0 Å². The third kappa shape index (κ3) is 3.57. The second-order valence-corrected chi connectivity index (χ2v) is 5.57. The molecule has 0 bridgehead atoms. The van der Waals surface area contributed by atoms with E-state index < -0.39 is 0 Å². The van der Waals surface area contributed by atoms with Crippen LogP contribution in [0.4, 0.5) is 0 Å². The summed E-state index contributed by atoms with van der Waals surface area (Å²) in [6, 6.07) is 4.45. The van der Waals surface area contributed by atoms with Gasteiger partial charge in [0.25, 0.3) is 0 Å². The Balaban J connectivity index is 1.87. The lowest BCUT2D eigenvalue weighted by Crippen LogP contribution is -2.41. The highest BCUT2D eigenvalue weighted by atomic mass is 16.2. The first-order chi connectivity index (χ1) is 9.08. The average molecular weight is 260 g/mol. The maximum Gasteiger partial charge on any atom is 0.237 e. The highest BCUT2D eigenvalue weighted by Crippen LogP contribution is 2.16. The van der Waals surface area contributed by atoms with E-state index in [-0.39, 0.29) is 11.9 Å². The zero-order valence-electron chi connectivity index (χ0n) is 12.2. The number of carbonyl (C=O) groups is 1. The number of carbonyl (C=O) groups excluding carboxylic acids is 1. The molecule has 19 heavy (non-hydrogen) atoms. The van der Waals surface area contributed by atoms with Crippen molar-refractivity contribution in [2.75, 3.05) is 13.1 Å². The monoisotopic (exact) mass is 260 g/mol. The van der Waals surface area contributed by atoms with Crippen molar-refractivity contribution in [3.05, 3.63) is 34.4 Å². The summed E-state index contributed by atoms with van der Waals surface area (Å²) in [5, 5.41) is 6.26. The molecule has 1 heterocycles. The van der Waals surface area contributed by atoms with E-state index in [2.05, 4.69) is 43.5 Å². The number of hydrogen-bond donors (Lipinski definition) is 2. The lowest BCUT2D eigenvalue weighted by molar-refractivity contribution is -0.122. The largest absolute Gasteiger partial charge is 0.354 e. The van der Waals surface area contributed by atoms with E-state index in [1.165, 1.54) is 22.3 Å². The fourth-order valence-corrected chi connectivity index (χ4v) is 2.95. The van der Waals surface area contributed by atoms with Gasteiger partial charge in [0.1, 0.15) is 0 Å². The van der Waals surface area contributed by atoms with Crippen LogP contribution in [0.2, 0.25) is 0 Å². The quantitative estimate of drug-likeness (QED) is 0.869. The Morgan fingerprint density at radius 3 is 2.58 bits per heavy atom. The molecule has 104 valence electrons. The van der Waals surface area contributed by atoms with Crippen LogP contribution in [0.1, 0.15) is 35.1 Å². The number of amides is 1. The van der Waals surface area contributed by atoms with Gasteiger partial charge in [0.2, 0.25) is 5.91 Å². The van der Waals surface area contributed by atoms with Crippen LogP contribution in [0.25, 0.3) is 0 Å². The molecule has 3 heteroatoms. The van der Waals surface area contributed by atoms with Gasteiger partial charge in [-0.25, -0.2) is 0 Å². The smallest absolute Gasteiger partial charge is 0.237 e. The van der Waals surface area contributed by atoms with Crippen molar-refractivity contribution in [2.24, 2.45) is 0 Å². The van der Waals surface area contributed by atoms with Gasteiger partial charge in [-0.2, -0.15) is 0 Å². The van der Waals surface area contributed by atoms with E-state index in [1.807, 2.05) is 0 Å². The van der Waals surface area contributed by atoms with Gasteiger partial charge in [-0.1, -0.05) is 17.7 Å².